The van der Waals surface area contributed by atoms with Crippen molar-refractivity contribution in [1.29, 1.82) is 0 Å². The van der Waals surface area contributed by atoms with Gasteiger partial charge in [-0.3, -0.25) is 0 Å². The Bertz CT molecular complexity index is 1120. The van der Waals surface area contributed by atoms with Crippen molar-refractivity contribution in [3.8, 4) is 0 Å². The van der Waals surface area contributed by atoms with Crippen LogP contribution in [-0.2, 0) is 33.3 Å². The van der Waals surface area contributed by atoms with Crippen molar-refractivity contribution in [2.24, 2.45) is 11.8 Å². The first kappa shape index (κ1) is 25.9. The average Bonchev–Trinajstić information content (AvgIpc) is 2.84. The zero-order valence-corrected chi connectivity index (χ0v) is 22.0. The Hall–Kier alpha value is -2.74. The summed E-state index contributed by atoms with van der Waals surface area (Å²) >= 11 is 6.65. The first-order chi connectivity index (χ1) is 17.6. The van der Waals surface area contributed by atoms with Crippen LogP contribution in [0.1, 0.15) is 84.5 Å². The summed E-state index contributed by atoms with van der Waals surface area (Å²) in [5, 5.41) is 13.1. The molecular formula is C28H32ClO8-. The molecule has 0 aromatic carbocycles. The van der Waals surface area contributed by atoms with Crippen molar-refractivity contribution in [1.82, 2.24) is 0 Å². The van der Waals surface area contributed by atoms with Gasteiger partial charge >= 0.3 is 17.9 Å². The van der Waals surface area contributed by atoms with Gasteiger partial charge in [-0.25, -0.2) is 14.4 Å². The molecule has 5 rings (SSSR count). The Morgan fingerprint density at radius 2 is 1.35 bits per heavy atom. The second kappa shape index (κ2) is 9.86. The fourth-order valence-electron chi connectivity index (χ4n) is 5.99. The zero-order valence-electron chi connectivity index (χ0n) is 21.2. The van der Waals surface area contributed by atoms with Gasteiger partial charge in [0.05, 0.1) is 11.5 Å². The molecule has 200 valence electrons. The highest BCUT2D eigenvalue weighted by atomic mass is 35.5. The quantitative estimate of drug-likeness (QED) is 0.289. The molecule has 0 radical (unpaired) electrons. The van der Waals surface area contributed by atoms with E-state index in [9.17, 15) is 19.5 Å². The van der Waals surface area contributed by atoms with Gasteiger partial charge in [0.2, 0.25) is 0 Å². The predicted octanol–water partition coefficient (Wildman–Crippen LogP) is 4.57. The second-order valence-electron chi connectivity index (χ2n) is 10.8. The lowest BCUT2D eigenvalue weighted by atomic mass is 9.83. The average molecular weight is 532 g/mol. The molecule has 0 bridgehead atoms. The predicted molar refractivity (Wildman–Crippen MR) is 130 cm³/mol. The molecule has 0 aromatic rings. The summed E-state index contributed by atoms with van der Waals surface area (Å²) in [4.78, 5) is 38.6. The molecule has 3 aliphatic carbocycles. The number of allylic oxidation sites excluding steroid dienone is 4. The van der Waals surface area contributed by atoms with Crippen molar-refractivity contribution in [3.05, 3.63) is 45.4 Å². The van der Waals surface area contributed by atoms with E-state index in [1.165, 1.54) is 12.2 Å². The van der Waals surface area contributed by atoms with Crippen LogP contribution in [0.3, 0.4) is 0 Å². The molecule has 3 unspecified atom stereocenters. The van der Waals surface area contributed by atoms with Crippen LogP contribution < -0.4 is 5.11 Å². The summed E-state index contributed by atoms with van der Waals surface area (Å²) in [5.41, 5.74) is 0.641. The smallest absolute Gasteiger partial charge is 0.348 e. The Morgan fingerprint density at radius 3 is 1.92 bits per heavy atom. The third kappa shape index (κ3) is 4.69. The lowest BCUT2D eigenvalue weighted by Crippen LogP contribution is -2.52. The summed E-state index contributed by atoms with van der Waals surface area (Å²) < 4.78 is 22.7. The topological polar surface area (TPSA) is 111 Å². The molecule has 5 aliphatic rings. The van der Waals surface area contributed by atoms with Crippen molar-refractivity contribution < 1.29 is 38.4 Å². The summed E-state index contributed by atoms with van der Waals surface area (Å²) in [6.45, 7) is 3.84. The summed E-state index contributed by atoms with van der Waals surface area (Å²) in [5.74, 6) is -5.46. The Labute approximate surface area is 221 Å². The molecule has 1 saturated heterocycles. The van der Waals surface area contributed by atoms with E-state index < -0.39 is 35.4 Å². The van der Waals surface area contributed by atoms with E-state index in [1.807, 2.05) is 13.8 Å². The third-order valence-electron chi connectivity index (χ3n) is 8.36. The van der Waals surface area contributed by atoms with Gasteiger partial charge in [0, 0.05) is 23.3 Å². The van der Waals surface area contributed by atoms with Crippen LogP contribution in [0, 0.1) is 11.8 Å². The van der Waals surface area contributed by atoms with E-state index in [0.717, 1.165) is 38.5 Å². The van der Waals surface area contributed by atoms with Crippen molar-refractivity contribution >= 4 is 29.5 Å². The number of carbonyl (C=O) groups excluding carboxylic acids is 3. The SMILES string of the molecule is CC1CCCCC12OC(=O)C(=CC1=C(Cl)/C(=C/C3=C([O-])OC4(CCCCC4C)OC3=O)CCC1)C(=O)O2. The van der Waals surface area contributed by atoms with Crippen LogP contribution in [0.15, 0.2) is 45.4 Å². The van der Waals surface area contributed by atoms with Crippen LogP contribution in [0.4, 0.5) is 0 Å². The first-order valence-corrected chi connectivity index (χ1v) is 13.6. The molecule has 9 heteroatoms. The number of hydrogen-bond donors (Lipinski definition) is 0. The normalized spacial score (nSPS) is 35.9. The highest BCUT2D eigenvalue weighted by molar-refractivity contribution is 6.33. The molecule has 2 spiro atoms. The van der Waals surface area contributed by atoms with E-state index in [-0.39, 0.29) is 28.0 Å². The highest BCUT2D eigenvalue weighted by Gasteiger charge is 2.51. The maximum absolute atomic E-state index is 12.9. The number of carbonyl (C=O) groups is 3. The molecule has 3 atom stereocenters. The van der Waals surface area contributed by atoms with E-state index in [0.29, 0.717) is 43.3 Å². The molecule has 2 saturated carbocycles. The minimum Gasteiger partial charge on any atom is -0.574 e. The van der Waals surface area contributed by atoms with E-state index in [1.54, 1.807) is 0 Å². The van der Waals surface area contributed by atoms with Crippen LogP contribution in [0.5, 0.6) is 0 Å². The molecule has 3 fully saturated rings. The maximum atomic E-state index is 12.9. The minimum atomic E-state index is -1.20. The van der Waals surface area contributed by atoms with Gasteiger partial charge in [0.15, 0.2) is 5.79 Å². The molecule has 8 nitrogen and oxygen atoms in total. The minimum absolute atomic E-state index is 0.0783. The van der Waals surface area contributed by atoms with Gasteiger partial charge in [0.25, 0.3) is 5.79 Å². The van der Waals surface area contributed by atoms with E-state index >= 15 is 0 Å². The Balaban J connectivity index is 1.40. The van der Waals surface area contributed by atoms with Crippen LogP contribution >= 0.6 is 11.6 Å². The lowest BCUT2D eigenvalue weighted by Gasteiger charge is -2.50. The molecule has 37 heavy (non-hydrogen) atoms. The van der Waals surface area contributed by atoms with Crippen molar-refractivity contribution in [3.63, 3.8) is 0 Å². The van der Waals surface area contributed by atoms with Crippen molar-refractivity contribution in [2.45, 2.75) is 96.1 Å². The molecule has 2 aliphatic heterocycles. The molecule has 0 aromatic heterocycles. The monoisotopic (exact) mass is 531 g/mol. The lowest BCUT2D eigenvalue weighted by molar-refractivity contribution is -0.407. The fourth-order valence-corrected chi connectivity index (χ4v) is 6.29. The largest absolute Gasteiger partial charge is 0.574 e. The van der Waals surface area contributed by atoms with Gasteiger partial charge in [-0.05, 0) is 74.7 Å². The Kier molecular flexibility index (Phi) is 6.90. The first-order valence-electron chi connectivity index (χ1n) is 13.3. The van der Waals surface area contributed by atoms with Gasteiger partial charge in [0.1, 0.15) is 5.57 Å². The number of hydrogen-bond acceptors (Lipinski definition) is 8. The van der Waals surface area contributed by atoms with Crippen LogP contribution in [0.2, 0.25) is 0 Å². The molecular weight excluding hydrogens is 500 g/mol. The van der Waals surface area contributed by atoms with Crippen molar-refractivity contribution in [2.75, 3.05) is 0 Å². The molecule has 0 N–H and O–H groups in total. The van der Waals surface area contributed by atoms with Crippen LogP contribution in [-0.4, -0.2) is 29.5 Å². The standard InChI is InChI=1S/C28H33ClO8/c1-16-8-3-5-12-27(16)34-23(30)20(24(31)35-27)14-18-10-7-11-19(22(18)29)15-21-25(32)36-28(37-26(21)33)13-6-4-9-17(28)2/h14-17,30H,3-13H2,1-2H3/p-1/b18-14+,21-15?. The molecule has 2 heterocycles. The number of ether oxygens (including phenoxy) is 4. The maximum Gasteiger partial charge on any atom is 0.348 e. The number of halogens is 1. The Morgan fingerprint density at radius 1 is 0.784 bits per heavy atom. The molecule has 0 amide bonds. The van der Waals surface area contributed by atoms with E-state index in [2.05, 4.69) is 0 Å². The van der Waals surface area contributed by atoms with Gasteiger partial charge in [-0.15, -0.1) is 0 Å². The summed E-state index contributed by atoms with van der Waals surface area (Å²) in [7, 11) is 0. The second-order valence-corrected chi connectivity index (χ2v) is 11.2. The summed E-state index contributed by atoms with van der Waals surface area (Å²) in [6, 6.07) is 0. The van der Waals surface area contributed by atoms with E-state index in [4.69, 9.17) is 30.5 Å². The van der Waals surface area contributed by atoms with Gasteiger partial charge < -0.3 is 24.1 Å². The van der Waals surface area contributed by atoms with Gasteiger partial charge in [-0.1, -0.05) is 38.3 Å². The van der Waals surface area contributed by atoms with Crippen LogP contribution in [0.25, 0.3) is 0 Å². The summed E-state index contributed by atoms with van der Waals surface area (Å²) in [6.07, 6.45) is 10.7. The highest BCUT2D eigenvalue weighted by Crippen LogP contribution is 2.44. The zero-order chi connectivity index (χ0) is 26.4. The third-order valence-corrected chi connectivity index (χ3v) is 8.85. The van der Waals surface area contributed by atoms with Gasteiger partial charge in [-0.2, -0.15) is 0 Å². The number of rotatable bonds is 2. The number of esters is 3. The fraction of sp³-hybridized carbons (Fsp3) is 0.607.